The normalized spacial score (nSPS) is 28.1. The average Bonchev–Trinajstić information content (AvgIpc) is 3.32. The molecule has 3 aliphatic carbocycles. The summed E-state index contributed by atoms with van der Waals surface area (Å²) in [4.78, 5) is 21.7. The number of carbonyl (C=O) groups excluding carboxylic acids is 2. The summed E-state index contributed by atoms with van der Waals surface area (Å²) in [5.41, 5.74) is 0.407. The molecular weight excluding hydrogens is 316 g/mol. The molecule has 3 aliphatic rings. The fraction of sp³-hybridized carbons (Fsp3) is 0.714. The summed E-state index contributed by atoms with van der Waals surface area (Å²) in [5, 5.41) is 0. The van der Waals surface area contributed by atoms with Gasteiger partial charge >= 0.3 is 11.9 Å². The Balaban J connectivity index is 0.000000191. The Morgan fingerprint density at radius 1 is 1.16 bits per heavy atom. The minimum Gasteiger partial charge on any atom is -0.469 e. The quantitative estimate of drug-likeness (QED) is 0.295. The van der Waals surface area contributed by atoms with Crippen LogP contribution >= 0.6 is 0 Å². The third-order valence-corrected chi connectivity index (χ3v) is 5.76. The van der Waals surface area contributed by atoms with E-state index in [9.17, 15) is 9.59 Å². The highest BCUT2D eigenvalue weighted by Crippen LogP contribution is 2.56. The van der Waals surface area contributed by atoms with Gasteiger partial charge in [-0.05, 0) is 75.5 Å². The van der Waals surface area contributed by atoms with Crippen LogP contribution in [0.2, 0.25) is 0 Å². The van der Waals surface area contributed by atoms with Crippen LogP contribution in [-0.4, -0.2) is 25.7 Å². The molecule has 0 radical (unpaired) electrons. The van der Waals surface area contributed by atoms with E-state index in [-0.39, 0.29) is 11.9 Å². The lowest BCUT2D eigenvalue weighted by molar-refractivity contribution is -0.141. The summed E-state index contributed by atoms with van der Waals surface area (Å²) < 4.78 is 9.37. The molecule has 4 nitrogen and oxygen atoms in total. The maximum atomic E-state index is 10.9. The standard InChI is InChI=1S/C11H18O4.C10H14/c1-9(2)11(13)15-8-6-4-5-7-10(12)14-3;1-2-9-7-4-5-8(6-7)10(9)3-1/h1,4-8H2,2-3H3;1-2,7-10H,3-6H2. The summed E-state index contributed by atoms with van der Waals surface area (Å²) in [6, 6.07) is 0. The van der Waals surface area contributed by atoms with E-state index in [1.807, 2.05) is 0 Å². The number of methoxy groups -OCH3 is 1. The second kappa shape index (κ2) is 9.79. The van der Waals surface area contributed by atoms with Gasteiger partial charge < -0.3 is 9.47 Å². The molecule has 4 unspecified atom stereocenters. The van der Waals surface area contributed by atoms with Gasteiger partial charge in [-0.25, -0.2) is 4.79 Å². The van der Waals surface area contributed by atoms with Gasteiger partial charge in [0.2, 0.25) is 0 Å². The van der Waals surface area contributed by atoms with Gasteiger partial charge in [0.25, 0.3) is 0 Å². The fourth-order valence-corrected chi connectivity index (χ4v) is 4.44. The number of unbranched alkanes of at least 4 members (excludes halogenated alkanes) is 2. The molecule has 0 aliphatic heterocycles. The molecule has 3 rings (SSSR count). The second-order valence-electron chi connectivity index (χ2n) is 7.54. The first-order valence-corrected chi connectivity index (χ1v) is 9.59. The number of fused-ring (bicyclic) bond motifs is 5. The predicted octanol–water partition coefficient (Wildman–Crippen LogP) is 4.45. The Kier molecular flexibility index (Phi) is 7.73. The van der Waals surface area contributed by atoms with E-state index >= 15 is 0 Å². The average molecular weight is 348 g/mol. The van der Waals surface area contributed by atoms with Crippen LogP contribution in [0, 0.1) is 23.7 Å². The smallest absolute Gasteiger partial charge is 0.333 e. The molecule has 2 saturated carbocycles. The van der Waals surface area contributed by atoms with E-state index in [1.54, 1.807) is 19.8 Å². The van der Waals surface area contributed by atoms with E-state index in [2.05, 4.69) is 23.5 Å². The van der Waals surface area contributed by atoms with Gasteiger partial charge in [-0.1, -0.05) is 18.7 Å². The zero-order chi connectivity index (χ0) is 18.2. The zero-order valence-electron chi connectivity index (χ0n) is 15.7. The largest absolute Gasteiger partial charge is 0.469 e. The van der Waals surface area contributed by atoms with Crippen LogP contribution in [0.1, 0.15) is 58.3 Å². The van der Waals surface area contributed by atoms with E-state index in [4.69, 9.17) is 4.74 Å². The lowest BCUT2D eigenvalue weighted by Crippen LogP contribution is -2.16. The van der Waals surface area contributed by atoms with Gasteiger partial charge in [0.1, 0.15) is 0 Å². The molecule has 0 N–H and O–H groups in total. The van der Waals surface area contributed by atoms with Gasteiger partial charge in [-0.3, -0.25) is 4.79 Å². The van der Waals surface area contributed by atoms with E-state index in [1.165, 1.54) is 20.0 Å². The van der Waals surface area contributed by atoms with E-state index in [0.29, 0.717) is 18.6 Å². The molecule has 25 heavy (non-hydrogen) atoms. The molecule has 0 aromatic rings. The molecule has 0 aromatic heterocycles. The Hall–Kier alpha value is -1.58. The van der Waals surface area contributed by atoms with Crippen molar-refractivity contribution in [1.82, 2.24) is 0 Å². The first kappa shape index (κ1) is 19.7. The van der Waals surface area contributed by atoms with Crippen molar-refractivity contribution in [2.75, 3.05) is 13.7 Å². The lowest BCUT2D eigenvalue weighted by Gasteiger charge is -2.23. The van der Waals surface area contributed by atoms with Crippen molar-refractivity contribution in [1.29, 1.82) is 0 Å². The van der Waals surface area contributed by atoms with Crippen LogP contribution in [0.3, 0.4) is 0 Å². The van der Waals surface area contributed by atoms with E-state index < -0.39 is 0 Å². The number of ether oxygens (including phenoxy) is 2. The van der Waals surface area contributed by atoms with Crippen LogP contribution in [-0.2, 0) is 19.1 Å². The number of hydrogen-bond acceptors (Lipinski definition) is 4. The molecule has 2 fully saturated rings. The monoisotopic (exact) mass is 348 g/mol. The number of allylic oxidation sites excluding steroid dienone is 2. The van der Waals surface area contributed by atoms with Gasteiger partial charge in [0.05, 0.1) is 13.7 Å². The Labute approximate surface area is 151 Å². The minimum atomic E-state index is -0.358. The van der Waals surface area contributed by atoms with Crippen molar-refractivity contribution in [3.63, 3.8) is 0 Å². The predicted molar refractivity (Wildman–Crippen MR) is 97.8 cm³/mol. The van der Waals surface area contributed by atoms with Crippen LogP contribution in [0.25, 0.3) is 0 Å². The van der Waals surface area contributed by atoms with Crippen molar-refractivity contribution in [2.45, 2.75) is 58.3 Å². The summed E-state index contributed by atoms with van der Waals surface area (Å²) in [5.74, 6) is 3.80. The SMILES string of the molecule is C1=CC2C3CCC(C3)C2C1.C=C(C)C(=O)OCCCCCC(=O)OC. The lowest BCUT2D eigenvalue weighted by atomic mass is 9.82. The number of carbonyl (C=O) groups is 2. The van der Waals surface area contributed by atoms with Gasteiger partial charge in [-0.2, -0.15) is 0 Å². The van der Waals surface area contributed by atoms with Gasteiger partial charge in [-0.15, -0.1) is 0 Å². The number of rotatable bonds is 7. The molecule has 0 amide bonds. The summed E-state index contributed by atoms with van der Waals surface area (Å²) in [6.07, 6.45) is 13.8. The van der Waals surface area contributed by atoms with Crippen LogP contribution in [0.4, 0.5) is 0 Å². The zero-order valence-corrected chi connectivity index (χ0v) is 15.7. The second-order valence-corrected chi connectivity index (χ2v) is 7.54. The van der Waals surface area contributed by atoms with Crippen molar-refractivity contribution < 1.29 is 19.1 Å². The molecule has 2 bridgehead atoms. The minimum absolute atomic E-state index is 0.200. The Bertz CT molecular complexity index is 508. The third kappa shape index (κ3) is 5.72. The molecule has 0 spiro atoms. The van der Waals surface area contributed by atoms with E-state index in [0.717, 1.165) is 42.9 Å². The van der Waals surface area contributed by atoms with Crippen molar-refractivity contribution in [3.8, 4) is 0 Å². The highest BCUT2D eigenvalue weighted by molar-refractivity contribution is 5.86. The molecule has 0 saturated heterocycles. The van der Waals surface area contributed by atoms with Crippen LogP contribution in [0.5, 0.6) is 0 Å². The van der Waals surface area contributed by atoms with Crippen molar-refractivity contribution >= 4 is 11.9 Å². The molecule has 4 atom stereocenters. The summed E-state index contributed by atoms with van der Waals surface area (Å²) in [7, 11) is 1.37. The highest BCUT2D eigenvalue weighted by Gasteiger charge is 2.47. The van der Waals surface area contributed by atoms with Crippen LogP contribution < -0.4 is 0 Å². The molecule has 4 heteroatoms. The maximum Gasteiger partial charge on any atom is 0.333 e. The molecular formula is C21H32O4. The van der Waals surface area contributed by atoms with Gasteiger partial charge in [0, 0.05) is 12.0 Å². The fourth-order valence-electron chi connectivity index (χ4n) is 4.44. The third-order valence-electron chi connectivity index (χ3n) is 5.76. The number of hydrogen-bond donors (Lipinski definition) is 0. The highest BCUT2D eigenvalue weighted by atomic mass is 16.5. The first-order valence-electron chi connectivity index (χ1n) is 9.59. The van der Waals surface area contributed by atoms with Crippen molar-refractivity contribution in [2.24, 2.45) is 23.7 Å². The summed E-state index contributed by atoms with van der Waals surface area (Å²) >= 11 is 0. The number of esters is 2. The molecule has 0 heterocycles. The maximum absolute atomic E-state index is 10.9. The van der Waals surface area contributed by atoms with Gasteiger partial charge in [0.15, 0.2) is 0 Å². The van der Waals surface area contributed by atoms with Crippen LogP contribution in [0.15, 0.2) is 24.3 Å². The topological polar surface area (TPSA) is 52.6 Å². The Morgan fingerprint density at radius 3 is 2.60 bits per heavy atom. The molecule has 0 aromatic carbocycles. The first-order chi connectivity index (χ1) is 12.0. The Morgan fingerprint density at radius 2 is 1.92 bits per heavy atom. The summed E-state index contributed by atoms with van der Waals surface area (Å²) in [6.45, 7) is 5.46. The van der Waals surface area contributed by atoms with Crippen molar-refractivity contribution in [3.05, 3.63) is 24.3 Å². The molecule has 140 valence electrons.